The van der Waals surface area contributed by atoms with Crippen molar-refractivity contribution in [1.82, 2.24) is 0 Å². The number of rotatable bonds is 7. The topological polar surface area (TPSA) is 84.5 Å². The van der Waals surface area contributed by atoms with Gasteiger partial charge in [0.05, 0.1) is 4.90 Å². The van der Waals surface area contributed by atoms with Crippen molar-refractivity contribution in [2.75, 3.05) is 16.6 Å². The summed E-state index contributed by atoms with van der Waals surface area (Å²) in [6, 6.07) is 19.9. The van der Waals surface area contributed by atoms with Crippen LogP contribution in [0.1, 0.15) is 5.56 Å². The van der Waals surface area contributed by atoms with Crippen molar-refractivity contribution in [2.24, 2.45) is 0 Å². The molecular formula is C21H19ClN2O4S. The molecule has 3 aromatic rings. The van der Waals surface area contributed by atoms with Crippen LogP contribution in [-0.2, 0) is 14.8 Å². The number of amides is 1. The highest BCUT2D eigenvalue weighted by molar-refractivity contribution is 7.92. The number of ether oxygens (including phenoxy) is 1. The molecule has 6 nitrogen and oxygen atoms in total. The summed E-state index contributed by atoms with van der Waals surface area (Å²) in [5, 5.41) is 3.16. The van der Waals surface area contributed by atoms with Crippen LogP contribution < -0.4 is 14.8 Å². The van der Waals surface area contributed by atoms with E-state index in [1.165, 1.54) is 6.07 Å². The van der Waals surface area contributed by atoms with Gasteiger partial charge in [0.2, 0.25) is 0 Å². The van der Waals surface area contributed by atoms with Gasteiger partial charge in [0.1, 0.15) is 5.75 Å². The molecule has 0 aliphatic carbocycles. The maximum atomic E-state index is 12.8. The number of benzene rings is 3. The molecule has 0 heterocycles. The monoisotopic (exact) mass is 430 g/mol. The molecule has 0 spiro atoms. The van der Waals surface area contributed by atoms with Gasteiger partial charge in [-0.3, -0.25) is 9.52 Å². The fourth-order valence-corrected chi connectivity index (χ4v) is 4.01. The number of hydrogen-bond acceptors (Lipinski definition) is 4. The minimum Gasteiger partial charge on any atom is -0.484 e. The summed E-state index contributed by atoms with van der Waals surface area (Å²) < 4.78 is 33.5. The average molecular weight is 431 g/mol. The molecule has 150 valence electrons. The summed E-state index contributed by atoms with van der Waals surface area (Å²) in [6.45, 7) is 1.49. The molecule has 1 amide bonds. The van der Waals surface area contributed by atoms with Gasteiger partial charge in [-0.2, -0.15) is 0 Å². The van der Waals surface area contributed by atoms with E-state index in [2.05, 4.69) is 10.0 Å². The Bertz CT molecular complexity index is 1100. The van der Waals surface area contributed by atoms with Crippen LogP contribution in [0.4, 0.5) is 11.4 Å². The highest BCUT2D eigenvalue weighted by Crippen LogP contribution is 2.24. The lowest BCUT2D eigenvalue weighted by Gasteiger charge is -2.13. The van der Waals surface area contributed by atoms with Gasteiger partial charge in [-0.15, -0.1) is 0 Å². The zero-order chi connectivity index (χ0) is 20.9. The first-order valence-electron chi connectivity index (χ1n) is 8.70. The van der Waals surface area contributed by atoms with Crippen molar-refractivity contribution in [3.8, 4) is 5.75 Å². The Morgan fingerprint density at radius 3 is 2.31 bits per heavy atom. The summed E-state index contributed by atoms with van der Waals surface area (Å²) in [5.41, 5.74) is 1.29. The SMILES string of the molecule is Cc1ccc(NC(=O)COc2ccccc2)cc1S(=O)(=O)Nc1ccc(Cl)cc1. The Balaban J connectivity index is 1.71. The molecule has 0 saturated heterocycles. The maximum Gasteiger partial charge on any atom is 0.262 e. The minimum absolute atomic E-state index is 0.0641. The maximum absolute atomic E-state index is 12.8. The second-order valence-electron chi connectivity index (χ2n) is 6.24. The number of nitrogens with one attached hydrogen (secondary N) is 2. The smallest absolute Gasteiger partial charge is 0.262 e. The van der Waals surface area contributed by atoms with Crippen LogP contribution in [0, 0.1) is 6.92 Å². The lowest BCUT2D eigenvalue weighted by atomic mass is 10.2. The first kappa shape index (κ1) is 20.7. The van der Waals surface area contributed by atoms with Crippen molar-refractivity contribution < 1.29 is 17.9 Å². The van der Waals surface area contributed by atoms with E-state index in [1.54, 1.807) is 67.6 Å². The molecule has 0 fully saturated rings. The molecule has 0 aliphatic heterocycles. The van der Waals surface area contributed by atoms with E-state index in [1.807, 2.05) is 6.07 Å². The van der Waals surface area contributed by atoms with E-state index < -0.39 is 15.9 Å². The molecule has 0 radical (unpaired) electrons. The first-order chi connectivity index (χ1) is 13.8. The molecule has 8 heteroatoms. The van der Waals surface area contributed by atoms with Crippen LogP contribution >= 0.6 is 11.6 Å². The molecular weight excluding hydrogens is 412 g/mol. The Morgan fingerprint density at radius 1 is 0.966 bits per heavy atom. The summed E-state index contributed by atoms with van der Waals surface area (Å²) in [5.74, 6) is 0.175. The zero-order valence-corrected chi connectivity index (χ0v) is 17.1. The fraction of sp³-hybridized carbons (Fsp3) is 0.0952. The van der Waals surface area contributed by atoms with Crippen LogP contribution in [-0.4, -0.2) is 20.9 Å². The number of para-hydroxylation sites is 1. The van der Waals surface area contributed by atoms with E-state index in [0.29, 0.717) is 27.7 Å². The Hall–Kier alpha value is -3.03. The van der Waals surface area contributed by atoms with E-state index in [9.17, 15) is 13.2 Å². The number of carbonyl (C=O) groups is 1. The third-order valence-electron chi connectivity index (χ3n) is 3.97. The Kier molecular flexibility index (Phi) is 6.41. The summed E-state index contributed by atoms with van der Waals surface area (Å²) in [7, 11) is -3.85. The minimum atomic E-state index is -3.85. The lowest BCUT2D eigenvalue weighted by Crippen LogP contribution is -2.21. The second-order valence-corrected chi connectivity index (χ2v) is 8.33. The van der Waals surface area contributed by atoms with Crippen LogP contribution in [0.3, 0.4) is 0 Å². The molecule has 2 N–H and O–H groups in total. The second kappa shape index (κ2) is 8.98. The highest BCUT2D eigenvalue weighted by Gasteiger charge is 2.18. The van der Waals surface area contributed by atoms with Crippen molar-refractivity contribution in [2.45, 2.75) is 11.8 Å². The number of carbonyl (C=O) groups excluding carboxylic acids is 1. The number of anilines is 2. The number of hydrogen-bond donors (Lipinski definition) is 2. The lowest BCUT2D eigenvalue weighted by molar-refractivity contribution is -0.118. The number of halogens is 1. The number of sulfonamides is 1. The zero-order valence-electron chi connectivity index (χ0n) is 15.6. The summed E-state index contributed by atoms with van der Waals surface area (Å²) in [6.07, 6.45) is 0. The van der Waals surface area contributed by atoms with Gasteiger partial charge in [0.15, 0.2) is 6.61 Å². The summed E-state index contributed by atoms with van der Waals surface area (Å²) >= 11 is 5.83. The van der Waals surface area contributed by atoms with Crippen molar-refractivity contribution >= 4 is 38.9 Å². The molecule has 0 atom stereocenters. The molecule has 0 saturated carbocycles. The van der Waals surface area contributed by atoms with E-state index in [-0.39, 0.29) is 11.5 Å². The van der Waals surface area contributed by atoms with Gasteiger partial charge in [-0.1, -0.05) is 35.9 Å². The van der Waals surface area contributed by atoms with Gasteiger partial charge in [-0.05, 0) is 61.0 Å². The van der Waals surface area contributed by atoms with Gasteiger partial charge in [0, 0.05) is 16.4 Å². The Labute approximate surface area is 174 Å². The van der Waals surface area contributed by atoms with Gasteiger partial charge in [0.25, 0.3) is 15.9 Å². The van der Waals surface area contributed by atoms with Gasteiger partial charge >= 0.3 is 0 Å². The average Bonchev–Trinajstić information content (AvgIpc) is 2.70. The van der Waals surface area contributed by atoms with E-state index >= 15 is 0 Å². The largest absolute Gasteiger partial charge is 0.484 e. The van der Waals surface area contributed by atoms with Crippen LogP contribution in [0.15, 0.2) is 77.7 Å². The normalized spacial score (nSPS) is 11.0. The predicted molar refractivity (Wildman–Crippen MR) is 114 cm³/mol. The first-order valence-corrected chi connectivity index (χ1v) is 10.6. The highest BCUT2D eigenvalue weighted by atomic mass is 35.5. The van der Waals surface area contributed by atoms with E-state index in [4.69, 9.17) is 16.3 Å². The molecule has 29 heavy (non-hydrogen) atoms. The molecule has 0 aromatic heterocycles. The number of aryl methyl sites for hydroxylation is 1. The third kappa shape index (κ3) is 5.73. The van der Waals surface area contributed by atoms with Crippen LogP contribution in [0.5, 0.6) is 5.75 Å². The fourth-order valence-electron chi connectivity index (χ4n) is 2.56. The van der Waals surface area contributed by atoms with Crippen molar-refractivity contribution in [1.29, 1.82) is 0 Å². The van der Waals surface area contributed by atoms with Crippen LogP contribution in [0.25, 0.3) is 0 Å². The molecule has 0 aliphatic rings. The molecule has 3 rings (SSSR count). The summed E-state index contributed by atoms with van der Waals surface area (Å²) in [4.78, 5) is 12.2. The van der Waals surface area contributed by atoms with Gasteiger partial charge in [-0.25, -0.2) is 8.42 Å². The third-order valence-corrected chi connectivity index (χ3v) is 5.75. The molecule has 0 unspecified atom stereocenters. The quantitative estimate of drug-likeness (QED) is 0.579. The standard InChI is InChI=1S/C21H19ClN2O4S/c1-15-7-10-18(23-21(25)14-28-19-5-3-2-4-6-19)13-20(15)29(26,27)24-17-11-8-16(22)9-12-17/h2-13,24H,14H2,1H3,(H,23,25). The molecule has 3 aromatic carbocycles. The van der Waals surface area contributed by atoms with Gasteiger partial charge < -0.3 is 10.1 Å². The molecule has 0 bridgehead atoms. The van der Waals surface area contributed by atoms with E-state index in [0.717, 1.165) is 0 Å². The Morgan fingerprint density at radius 2 is 1.62 bits per heavy atom. The predicted octanol–water partition coefficient (Wildman–Crippen LogP) is 4.47. The van der Waals surface area contributed by atoms with Crippen molar-refractivity contribution in [3.63, 3.8) is 0 Å². The van der Waals surface area contributed by atoms with Crippen molar-refractivity contribution in [3.05, 3.63) is 83.4 Å². The van der Waals surface area contributed by atoms with Crippen LogP contribution in [0.2, 0.25) is 5.02 Å².